The summed E-state index contributed by atoms with van der Waals surface area (Å²) in [5.41, 5.74) is 1.05. The molecule has 0 atom stereocenters. The molecule has 0 saturated heterocycles. The van der Waals surface area contributed by atoms with Crippen LogP contribution >= 0.6 is 11.3 Å². The molecule has 0 radical (unpaired) electrons. The zero-order chi connectivity index (χ0) is 23.7. The molecule has 1 amide bonds. The van der Waals surface area contributed by atoms with E-state index in [1.165, 1.54) is 16.2 Å². The Morgan fingerprint density at radius 2 is 2.12 bits per heavy atom. The Balaban J connectivity index is 1.00. The lowest BCUT2D eigenvalue weighted by atomic mass is 9.84. The van der Waals surface area contributed by atoms with Gasteiger partial charge in [0.25, 0.3) is 11.1 Å². The van der Waals surface area contributed by atoms with E-state index in [-0.39, 0.29) is 31.2 Å². The first-order valence-corrected chi connectivity index (χ1v) is 13.1. The zero-order valence-electron chi connectivity index (χ0n) is 19.5. The van der Waals surface area contributed by atoms with Crippen molar-refractivity contribution in [2.45, 2.75) is 89.3 Å². The van der Waals surface area contributed by atoms with Gasteiger partial charge in [0.2, 0.25) is 5.91 Å². The Bertz CT molecular complexity index is 994. The van der Waals surface area contributed by atoms with Crippen LogP contribution in [-0.4, -0.2) is 51.9 Å². The van der Waals surface area contributed by atoms with Gasteiger partial charge in [0.1, 0.15) is 11.9 Å². The van der Waals surface area contributed by atoms with E-state index in [4.69, 9.17) is 9.15 Å². The summed E-state index contributed by atoms with van der Waals surface area (Å²) in [6, 6.07) is 0.245. The highest BCUT2D eigenvalue weighted by Gasteiger charge is 2.47. The second-order valence-corrected chi connectivity index (χ2v) is 11.0. The molecule has 0 aromatic carbocycles. The molecule has 2 saturated carbocycles. The number of amides is 1. The third kappa shape index (κ3) is 5.94. The van der Waals surface area contributed by atoms with Gasteiger partial charge in [-0.1, -0.05) is 11.3 Å². The summed E-state index contributed by atoms with van der Waals surface area (Å²) in [6.45, 7) is 4.62. The van der Waals surface area contributed by atoms with Crippen molar-refractivity contribution >= 4 is 17.2 Å². The van der Waals surface area contributed by atoms with E-state index in [2.05, 4.69) is 20.2 Å². The highest BCUT2D eigenvalue weighted by atomic mass is 32.1. The topological polar surface area (TPSA) is 80.5 Å². The van der Waals surface area contributed by atoms with Crippen molar-refractivity contribution in [3.05, 3.63) is 28.4 Å². The maximum atomic E-state index is 13.0. The molecule has 1 aliphatic heterocycles. The molecule has 2 aromatic heterocycles. The smallest absolute Gasteiger partial charge is 0.273 e. The van der Waals surface area contributed by atoms with Crippen molar-refractivity contribution in [2.24, 2.45) is 5.92 Å². The first-order valence-electron chi connectivity index (χ1n) is 12.3. The number of hydrogen-bond donors (Lipinski definition) is 1. The number of hydrogen-bond acceptors (Lipinski definition) is 7. The van der Waals surface area contributed by atoms with Crippen molar-refractivity contribution in [2.75, 3.05) is 13.1 Å². The van der Waals surface area contributed by atoms with Gasteiger partial charge in [-0.15, -0.1) is 0 Å². The van der Waals surface area contributed by atoms with Gasteiger partial charge in [-0.05, 0) is 51.0 Å². The molecule has 0 spiro atoms. The average molecular weight is 495 g/mol. The molecule has 1 N–H and O–H groups in total. The summed E-state index contributed by atoms with van der Waals surface area (Å²) in [4.78, 5) is 24.6. The van der Waals surface area contributed by atoms with Crippen molar-refractivity contribution < 1.29 is 22.7 Å². The Morgan fingerprint density at radius 1 is 1.32 bits per heavy atom. The van der Waals surface area contributed by atoms with Crippen molar-refractivity contribution in [1.29, 1.82) is 0 Å². The van der Waals surface area contributed by atoms with Crippen LogP contribution in [0.4, 0.5) is 8.78 Å². The standard InChI is InChI=1S/C24H32F2N4O3S/c1-15-27-13-18(32-15)10-22(31)28-17-4-2-16(3-5-17)6-8-30-9-7-21-20(14-30)29-23(34-21)33-19-11-24(25,26)12-19/h13,16-17,19H,2-12,14H2,1H3,(H,28,31). The number of nitrogens with one attached hydrogen (secondary N) is 1. The van der Waals surface area contributed by atoms with Gasteiger partial charge in [-0.3, -0.25) is 9.69 Å². The van der Waals surface area contributed by atoms with E-state index in [0.717, 1.165) is 63.9 Å². The molecule has 34 heavy (non-hydrogen) atoms. The predicted octanol–water partition coefficient (Wildman–Crippen LogP) is 4.28. The Morgan fingerprint density at radius 3 is 2.82 bits per heavy atom. The molecule has 186 valence electrons. The third-order valence-electron chi connectivity index (χ3n) is 7.18. The normalized spacial score (nSPS) is 24.9. The lowest BCUT2D eigenvalue weighted by Crippen LogP contribution is -2.43. The summed E-state index contributed by atoms with van der Waals surface area (Å²) in [5.74, 6) is -0.697. The summed E-state index contributed by atoms with van der Waals surface area (Å²) in [5, 5.41) is 3.69. The number of oxazole rings is 1. The van der Waals surface area contributed by atoms with Gasteiger partial charge in [0, 0.05) is 43.8 Å². The number of ether oxygens (including phenoxy) is 1. The number of aromatic nitrogens is 2. The Kier molecular flexibility index (Phi) is 6.88. The number of alkyl halides is 2. The van der Waals surface area contributed by atoms with Crippen molar-refractivity contribution in [3.8, 4) is 5.19 Å². The van der Waals surface area contributed by atoms with E-state index >= 15 is 0 Å². The van der Waals surface area contributed by atoms with Crippen LogP contribution in [0.1, 0.15) is 67.2 Å². The van der Waals surface area contributed by atoms with Crippen LogP contribution in [0.3, 0.4) is 0 Å². The quantitative estimate of drug-likeness (QED) is 0.590. The summed E-state index contributed by atoms with van der Waals surface area (Å²) in [7, 11) is 0. The van der Waals surface area contributed by atoms with E-state index in [1.54, 1.807) is 13.1 Å². The molecule has 3 aliphatic rings. The van der Waals surface area contributed by atoms with Crippen LogP contribution in [0.15, 0.2) is 10.6 Å². The largest absolute Gasteiger partial charge is 0.466 e. The van der Waals surface area contributed by atoms with Gasteiger partial charge < -0.3 is 14.5 Å². The van der Waals surface area contributed by atoms with Crippen LogP contribution < -0.4 is 10.1 Å². The van der Waals surface area contributed by atoms with E-state index in [9.17, 15) is 13.6 Å². The fraction of sp³-hybridized carbons (Fsp3) is 0.708. The molecule has 2 fully saturated rings. The molecular formula is C24H32F2N4O3S. The van der Waals surface area contributed by atoms with E-state index in [0.29, 0.717) is 22.8 Å². The van der Waals surface area contributed by atoms with Gasteiger partial charge in [0.15, 0.2) is 5.89 Å². The SMILES string of the molecule is Cc1ncc(CC(=O)NC2CCC(CCN3CCc4sc(OC5CC(F)(F)C5)nc4C3)CC2)o1. The molecule has 0 unspecified atom stereocenters. The number of rotatable bonds is 8. The fourth-order valence-corrected chi connectivity index (χ4v) is 6.16. The summed E-state index contributed by atoms with van der Waals surface area (Å²) >= 11 is 1.52. The first-order chi connectivity index (χ1) is 16.3. The molecule has 7 nitrogen and oxygen atoms in total. The molecule has 3 heterocycles. The maximum Gasteiger partial charge on any atom is 0.273 e. The average Bonchev–Trinajstić information content (AvgIpc) is 3.36. The van der Waals surface area contributed by atoms with Gasteiger partial charge in [-0.25, -0.2) is 18.7 Å². The number of fused-ring (bicyclic) bond motifs is 1. The number of carbonyl (C=O) groups excluding carboxylic acids is 1. The molecular weight excluding hydrogens is 462 g/mol. The van der Waals surface area contributed by atoms with Crippen molar-refractivity contribution in [3.63, 3.8) is 0 Å². The minimum Gasteiger partial charge on any atom is -0.466 e. The highest BCUT2D eigenvalue weighted by Crippen LogP contribution is 2.41. The minimum absolute atomic E-state index is 0.00125. The second kappa shape index (κ2) is 9.89. The first kappa shape index (κ1) is 23.7. The van der Waals surface area contributed by atoms with E-state index in [1.807, 2.05) is 0 Å². The van der Waals surface area contributed by atoms with Crippen LogP contribution in [0.5, 0.6) is 5.19 Å². The fourth-order valence-electron chi connectivity index (χ4n) is 5.19. The molecule has 5 rings (SSSR count). The third-order valence-corrected chi connectivity index (χ3v) is 8.22. The van der Waals surface area contributed by atoms with Crippen LogP contribution in [-0.2, 0) is 24.2 Å². The number of thiazole rings is 1. The number of aryl methyl sites for hydroxylation is 1. The summed E-state index contributed by atoms with van der Waals surface area (Å²) in [6.07, 6.45) is 7.46. The molecule has 2 aromatic rings. The lowest BCUT2D eigenvalue weighted by Gasteiger charge is -2.33. The Hall–Kier alpha value is -2.07. The Labute approximate surface area is 202 Å². The second-order valence-electron chi connectivity index (χ2n) is 9.98. The molecule has 10 heteroatoms. The van der Waals surface area contributed by atoms with Crippen LogP contribution in [0, 0.1) is 12.8 Å². The monoisotopic (exact) mass is 494 g/mol. The molecule has 2 aliphatic carbocycles. The molecule has 0 bridgehead atoms. The van der Waals surface area contributed by atoms with Gasteiger partial charge in [-0.2, -0.15) is 0 Å². The summed E-state index contributed by atoms with van der Waals surface area (Å²) < 4.78 is 37.1. The van der Waals surface area contributed by atoms with Gasteiger partial charge in [0.05, 0.1) is 18.3 Å². The van der Waals surface area contributed by atoms with Gasteiger partial charge >= 0.3 is 0 Å². The van der Waals surface area contributed by atoms with Crippen LogP contribution in [0.25, 0.3) is 0 Å². The van der Waals surface area contributed by atoms with E-state index < -0.39 is 12.0 Å². The van der Waals surface area contributed by atoms with Crippen LogP contribution in [0.2, 0.25) is 0 Å². The number of nitrogens with zero attached hydrogens (tertiary/aromatic N) is 3. The number of halogens is 2. The van der Waals surface area contributed by atoms with Crippen molar-refractivity contribution in [1.82, 2.24) is 20.2 Å². The minimum atomic E-state index is -2.57. The zero-order valence-corrected chi connectivity index (χ0v) is 20.3. The maximum absolute atomic E-state index is 13.0. The predicted molar refractivity (Wildman–Crippen MR) is 123 cm³/mol. The highest BCUT2D eigenvalue weighted by molar-refractivity contribution is 7.13. The lowest BCUT2D eigenvalue weighted by molar-refractivity contribution is -0.134. The number of carbonyl (C=O) groups is 1.